The summed E-state index contributed by atoms with van der Waals surface area (Å²) in [7, 11) is 1.57. The molecule has 1 aliphatic rings. The zero-order valence-electron chi connectivity index (χ0n) is 9.38. The smallest absolute Gasteiger partial charge is 0.264 e. The second-order valence-electron chi connectivity index (χ2n) is 3.59. The lowest BCUT2D eigenvalue weighted by atomic mass is 10.2. The summed E-state index contributed by atoms with van der Waals surface area (Å²) in [6.45, 7) is 1.26. The standard InChI is InChI=1S/C11H12N2O3S/c1-15-8-4-10(17-7-8)11(14)13-2-3-16-9(5-12)6-13/h4,7,9H,2-3,6H2,1H3. The second-order valence-corrected chi connectivity index (χ2v) is 4.50. The predicted molar refractivity (Wildman–Crippen MR) is 62.1 cm³/mol. The number of amides is 1. The zero-order valence-corrected chi connectivity index (χ0v) is 10.2. The number of rotatable bonds is 2. The molecule has 1 unspecified atom stereocenters. The van der Waals surface area contributed by atoms with Gasteiger partial charge in [0.1, 0.15) is 5.75 Å². The summed E-state index contributed by atoms with van der Waals surface area (Å²) in [4.78, 5) is 14.4. The van der Waals surface area contributed by atoms with Crippen molar-refractivity contribution in [3.05, 3.63) is 16.3 Å². The Morgan fingerprint density at radius 2 is 2.59 bits per heavy atom. The van der Waals surface area contributed by atoms with E-state index in [9.17, 15) is 4.79 Å². The van der Waals surface area contributed by atoms with E-state index in [1.807, 2.05) is 6.07 Å². The van der Waals surface area contributed by atoms with E-state index in [2.05, 4.69) is 0 Å². The zero-order chi connectivity index (χ0) is 12.3. The summed E-state index contributed by atoms with van der Waals surface area (Å²) in [5.41, 5.74) is 0. The number of thiophene rings is 1. The van der Waals surface area contributed by atoms with Crippen LogP contribution < -0.4 is 4.74 Å². The molecule has 90 valence electrons. The molecular formula is C11H12N2O3S. The van der Waals surface area contributed by atoms with Gasteiger partial charge in [-0.05, 0) is 0 Å². The van der Waals surface area contributed by atoms with Gasteiger partial charge >= 0.3 is 0 Å². The third-order valence-corrected chi connectivity index (χ3v) is 3.42. The molecule has 1 saturated heterocycles. The Morgan fingerprint density at radius 3 is 3.24 bits per heavy atom. The monoisotopic (exact) mass is 252 g/mol. The summed E-state index contributed by atoms with van der Waals surface area (Å²) in [5.74, 6) is 0.616. The molecule has 1 atom stereocenters. The van der Waals surface area contributed by atoms with Crippen molar-refractivity contribution < 1.29 is 14.3 Å². The van der Waals surface area contributed by atoms with Crippen molar-refractivity contribution in [1.82, 2.24) is 4.90 Å². The predicted octanol–water partition coefficient (Wildman–Crippen LogP) is 1.12. The molecule has 1 fully saturated rings. The molecule has 0 radical (unpaired) electrons. The molecule has 6 heteroatoms. The van der Waals surface area contributed by atoms with Gasteiger partial charge in [-0.3, -0.25) is 4.79 Å². The third kappa shape index (κ3) is 2.57. The van der Waals surface area contributed by atoms with Crippen molar-refractivity contribution >= 4 is 17.2 Å². The van der Waals surface area contributed by atoms with Crippen LogP contribution >= 0.6 is 11.3 Å². The van der Waals surface area contributed by atoms with Crippen molar-refractivity contribution in [2.75, 3.05) is 26.8 Å². The maximum Gasteiger partial charge on any atom is 0.264 e. The van der Waals surface area contributed by atoms with E-state index in [1.165, 1.54) is 11.3 Å². The molecule has 1 amide bonds. The maximum absolute atomic E-state index is 12.1. The Morgan fingerprint density at radius 1 is 1.76 bits per heavy atom. The van der Waals surface area contributed by atoms with Gasteiger partial charge in [0, 0.05) is 18.0 Å². The summed E-state index contributed by atoms with van der Waals surface area (Å²) in [6.07, 6.45) is -0.519. The van der Waals surface area contributed by atoms with Crippen LogP contribution in [0.4, 0.5) is 0 Å². The van der Waals surface area contributed by atoms with Gasteiger partial charge in [-0.2, -0.15) is 5.26 Å². The van der Waals surface area contributed by atoms with Crippen molar-refractivity contribution in [2.24, 2.45) is 0 Å². The molecule has 1 aromatic rings. The van der Waals surface area contributed by atoms with Crippen LogP contribution in [0.3, 0.4) is 0 Å². The third-order valence-electron chi connectivity index (χ3n) is 2.52. The first-order valence-electron chi connectivity index (χ1n) is 5.17. The number of nitrogens with zero attached hydrogens (tertiary/aromatic N) is 2. The van der Waals surface area contributed by atoms with Crippen LogP contribution in [-0.4, -0.2) is 43.7 Å². The Hall–Kier alpha value is -1.58. The van der Waals surface area contributed by atoms with Gasteiger partial charge in [-0.1, -0.05) is 0 Å². The van der Waals surface area contributed by atoms with Gasteiger partial charge in [0.25, 0.3) is 5.91 Å². The van der Waals surface area contributed by atoms with Crippen LogP contribution in [0.15, 0.2) is 11.4 Å². The fourth-order valence-electron chi connectivity index (χ4n) is 1.61. The lowest BCUT2D eigenvalue weighted by Gasteiger charge is -2.29. The van der Waals surface area contributed by atoms with E-state index in [1.54, 1.807) is 23.5 Å². The van der Waals surface area contributed by atoms with Gasteiger partial charge in [0.15, 0.2) is 6.10 Å². The van der Waals surface area contributed by atoms with Crippen molar-refractivity contribution in [2.45, 2.75) is 6.10 Å². The first-order chi connectivity index (χ1) is 8.24. The number of hydrogen-bond donors (Lipinski definition) is 0. The maximum atomic E-state index is 12.1. The Balaban J connectivity index is 2.07. The van der Waals surface area contributed by atoms with Gasteiger partial charge < -0.3 is 14.4 Å². The molecule has 0 spiro atoms. The lowest BCUT2D eigenvalue weighted by Crippen LogP contribution is -2.44. The highest BCUT2D eigenvalue weighted by Crippen LogP contribution is 2.23. The number of ether oxygens (including phenoxy) is 2. The van der Waals surface area contributed by atoms with Crippen LogP contribution in [0.25, 0.3) is 0 Å². The highest BCUT2D eigenvalue weighted by atomic mass is 32.1. The highest BCUT2D eigenvalue weighted by Gasteiger charge is 2.25. The average molecular weight is 252 g/mol. The molecule has 0 aliphatic carbocycles. The summed E-state index contributed by atoms with van der Waals surface area (Å²) in [6, 6.07) is 3.73. The lowest BCUT2D eigenvalue weighted by molar-refractivity contribution is 0.00369. The number of hydrogen-bond acceptors (Lipinski definition) is 5. The van der Waals surface area contributed by atoms with Crippen LogP contribution in [0.5, 0.6) is 5.75 Å². The molecule has 1 aliphatic heterocycles. The van der Waals surface area contributed by atoms with Gasteiger partial charge in [-0.15, -0.1) is 11.3 Å². The molecule has 2 heterocycles. The molecule has 0 aromatic carbocycles. The topological polar surface area (TPSA) is 62.6 Å². The highest BCUT2D eigenvalue weighted by molar-refractivity contribution is 7.12. The minimum atomic E-state index is -0.519. The molecule has 17 heavy (non-hydrogen) atoms. The minimum absolute atomic E-state index is 0.0677. The van der Waals surface area contributed by atoms with Crippen LogP contribution in [0.1, 0.15) is 9.67 Å². The van der Waals surface area contributed by atoms with Crippen molar-refractivity contribution in [3.63, 3.8) is 0 Å². The van der Waals surface area contributed by atoms with E-state index < -0.39 is 6.10 Å². The van der Waals surface area contributed by atoms with Crippen molar-refractivity contribution in [1.29, 1.82) is 5.26 Å². The van der Waals surface area contributed by atoms with E-state index in [-0.39, 0.29) is 5.91 Å². The quantitative estimate of drug-likeness (QED) is 0.791. The Labute approximate surface area is 103 Å². The Bertz CT molecular complexity index is 452. The van der Waals surface area contributed by atoms with Crippen LogP contribution in [0, 0.1) is 11.3 Å². The van der Waals surface area contributed by atoms with Crippen LogP contribution in [0.2, 0.25) is 0 Å². The number of morpholine rings is 1. The van der Waals surface area contributed by atoms with Gasteiger partial charge in [0.05, 0.1) is 31.2 Å². The van der Waals surface area contributed by atoms with Crippen LogP contribution in [-0.2, 0) is 4.74 Å². The van der Waals surface area contributed by atoms with E-state index in [0.717, 1.165) is 0 Å². The normalized spacial score (nSPS) is 19.8. The van der Waals surface area contributed by atoms with Crippen molar-refractivity contribution in [3.8, 4) is 11.8 Å². The first-order valence-corrected chi connectivity index (χ1v) is 6.05. The second kappa shape index (κ2) is 5.17. The summed E-state index contributed by atoms with van der Waals surface area (Å²) >= 11 is 1.34. The number of carbonyl (C=O) groups excluding carboxylic acids is 1. The molecule has 0 saturated carbocycles. The average Bonchev–Trinajstić information content (AvgIpc) is 2.86. The largest absolute Gasteiger partial charge is 0.496 e. The molecule has 0 N–H and O–H groups in total. The minimum Gasteiger partial charge on any atom is -0.496 e. The Kier molecular flexibility index (Phi) is 3.61. The fourth-order valence-corrected chi connectivity index (χ4v) is 2.43. The summed E-state index contributed by atoms with van der Waals surface area (Å²) < 4.78 is 10.2. The van der Waals surface area contributed by atoms with E-state index >= 15 is 0 Å². The number of methoxy groups -OCH3 is 1. The number of carbonyl (C=O) groups is 1. The van der Waals surface area contributed by atoms with E-state index in [0.29, 0.717) is 30.3 Å². The molecule has 2 rings (SSSR count). The van der Waals surface area contributed by atoms with Gasteiger partial charge in [0.2, 0.25) is 0 Å². The molecule has 5 nitrogen and oxygen atoms in total. The fraction of sp³-hybridized carbons (Fsp3) is 0.455. The van der Waals surface area contributed by atoms with Gasteiger partial charge in [-0.25, -0.2) is 0 Å². The summed E-state index contributed by atoms with van der Waals surface area (Å²) in [5, 5.41) is 10.6. The van der Waals surface area contributed by atoms with E-state index in [4.69, 9.17) is 14.7 Å². The molecular weight excluding hydrogens is 240 g/mol. The first kappa shape index (κ1) is 11.9. The number of nitriles is 1. The molecule has 1 aromatic heterocycles. The SMILES string of the molecule is COc1csc(C(=O)N2CCOC(C#N)C2)c1. The molecule has 0 bridgehead atoms.